The largest absolute Gasteiger partial charge is 0.422 e. The first-order chi connectivity index (χ1) is 16.9. The van der Waals surface area contributed by atoms with E-state index in [0.29, 0.717) is 21.8 Å². The number of amides is 2. The van der Waals surface area contributed by atoms with Crippen molar-refractivity contribution in [3.63, 3.8) is 0 Å². The molecule has 35 heavy (non-hydrogen) atoms. The fourth-order valence-electron chi connectivity index (χ4n) is 3.36. The second kappa shape index (κ2) is 10.6. The third kappa shape index (κ3) is 5.90. The summed E-state index contributed by atoms with van der Waals surface area (Å²) in [6.07, 6.45) is 1.34. The lowest BCUT2D eigenvalue weighted by molar-refractivity contribution is -0.136. The molecule has 0 fully saturated rings. The molecule has 174 valence electrons. The number of hydrogen-bond donors (Lipinski definition) is 2. The van der Waals surface area contributed by atoms with Gasteiger partial charge in [0.25, 0.3) is 0 Å². The zero-order chi connectivity index (χ0) is 24.8. The predicted octanol–water partition coefficient (Wildman–Crippen LogP) is 5.11. The highest BCUT2D eigenvalue weighted by Gasteiger charge is 2.15. The Morgan fingerprint density at radius 3 is 2.43 bits per heavy atom. The highest BCUT2D eigenvalue weighted by molar-refractivity contribution is 6.39. The summed E-state index contributed by atoms with van der Waals surface area (Å²) >= 11 is 5.82. The molecule has 0 aliphatic rings. The van der Waals surface area contributed by atoms with Crippen molar-refractivity contribution < 1.29 is 19.1 Å². The summed E-state index contributed by atoms with van der Waals surface area (Å²) in [4.78, 5) is 37.1. The molecule has 0 aliphatic heterocycles. The zero-order valence-electron chi connectivity index (χ0n) is 18.6. The highest BCUT2D eigenvalue weighted by atomic mass is 35.5. The van der Waals surface area contributed by atoms with Crippen LogP contribution in [-0.2, 0) is 9.59 Å². The number of carbonyl (C=O) groups excluding carboxylic acids is 3. The van der Waals surface area contributed by atoms with Gasteiger partial charge in [-0.05, 0) is 60.2 Å². The summed E-state index contributed by atoms with van der Waals surface area (Å²) in [6.45, 7) is 1.89. The predicted molar refractivity (Wildman–Crippen MR) is 136 cm³/mol. The Balaban J connectivity index is 1.54. The van der Waals surface area contributed by atoms with Crippen LogP contribution in [0.2, 0.25) is 5.02 Å². The Labute approximate surface area is 206 Å². The van der Waals surface area contributed by atoms with Crippen LogP contribution < -0.4 is 15.5 Å². The Hall–Kier alpha value is -4.49. The highest BCUT2D eigenvalue weighted by Crippen LogP contribution is 2.27. The molecular weight excluding hydrogens is 466 g/mol. The van der Waals surface area contributed by atoms with E-state index in [1.54, 1.807) is 48.5 Å². The molecule has 4 aromatic carbocycles. The Kier molecular flexibility index (Phi) is 7.18. The molecule has 8 heteroatoms. The molecule has 0 saturated carbocycles. The number of aryl methyl sites for hydroxylation is 1. The van der Waals surface area contributed by atoms with Crippen LogP contribution in [-0.4, -0.2) is 24.0 Å². The number of hydrazone groups is 1. The lowest BCUT2D eigenvalue weighted by Gasteiger charge is -2.11. The van der Waals surface area contributed by atoms with Gasteiger partial charge in [0.05, 0.1) is 11.8 Å². The first kappa shape index (κ1) is 23.7. The van der Waals surface area contributed by atoms with Crippen LogP contribution >= 0.6 is 11.6 Å². The van der Waals surface area contributed by atoms with Crippen LogP contribution in [0, 0.1) is 6.92 Å². The van der Waals surface area contributed by atoms with E-state index in [9.17, 15) is 14.4 Å². The number of halogens is 1. The second-order valence-electron chi connectivity index (χ2n) is 7.62. The first-order valence-corrected chi connectivity index (χ1v) is 11.0. The van der Waals surface area contributed by atoms with Gasteiger partial charge in [-0.2, -0.15) is 5.10 Å². The van der Waals surface area contributed by atoms with Crippen LogP contribution in [0.4, 0.5) is 5.69 Å². The fourth-order valence-corrected chi connectivity index (χ4v) is 3.48. The summed E-state index contributed by atoms with van der Waals surface area (Å²) in [6, 6.07) is 24.3. The molecule has 0 aliphatic carbocycles. The van der Waals surface area contributed by atoms with Gasteiger partial charge in [0, 0.05) is 16.3 Å². The summed E-state index contributed by atoms with van der Waals surface area (Å²) in [7, 11) is 0. The van der Waals surface area contributed by atoms with E-state index in [4.69, 9.17) is 16.3 Å². The van der Waals surface area contributed by atoms with Gasteiger partial charge in [-0.15, -0.1) is 0 Å². The fraction of sp³-hybridized carbons (Fsp3) is 0.0370. The van der Waals surface area contributed by atoms with Gasteiger partial charge in [-0.3, -0.25) is 9.59 Å². The molecule has 0 saturated heterocycles. The molecule has 0 heterocycles. The zero-order valence-corrected chi connectivity index (χ0v) is 19.4. The SMILES string of the molecule is Cc1cccc(C(=O)Oc2ccc3ccccc3c2/C=N\NC(=O)C(=O)Nc2ccc(Cl)cc2)c1. The van der Waals surface area contributed by atoms with Gasteiger partial charge >= 0.3 is 17.8 Å². The average molecular weight is 486 g/mol. The molecule has 0 aromatic heterocycles. The van der Waals surface area contributed by atoms with Crippen molar-refractivity contribution in [2.75, 3.05) is 5.32 Å². The molecule has 0 bridgehead atoms. The Morgan fingerprint density at radius 1 is 0.886 bits per heavy atom. The summed E-state index contributed by atoms with van der Waals surface area (Å²) in [5, 5.41) is 8.53. The van der Waals surface area contributed by atoms with Gasteiger partial charge in [-0.1, -0.05) is 59.6 Å². The van der Waals surface area contributed by atoms with Crippen molar-refractivity contribution in [1.82, 2.24) is 5.43 Å². The van der Waals surface area contributed by atoms with Crippen molar-refractivity contribution in [3.05, 3.63) is 107 Å². The van der Waals surface area contributed by atoms with Crippen LogP contribution in [0.15, 0.2) is 90.0 Å². The third-order valence-electron chi connectivity index (χ3n) is 5.06. The number of ether oxygens (including phenoxy) is 1. The summed E-state index contributed by atoms with van der Waals surface area (Å²) in [5.41, 5.74) is 4.43. The number of fused-ring (bicyclic) bond motifs is 1. The molecule has 0 spiro atoms. The molecule has 4 rings (SSSR count). The lowest BCUT2D eigenvalue weighted by atomic mass is 10.0. The van der Waals surface area contributed by atoms with E-state index in [0.717, 1.165) is 16.3 Å². The van der Waals surface area contributed by atoms with E-state index in [1.165, 1.54) is 6.21 Å². The topological polar surface area (TPSA) is 96.9 Å². The van der Waals surface area contributed by atoms with Crippen LogP contribution in [0.25, 0.3) is 10.8 Å². The minimum atomic E-state index is -0.963. The molecule has 4 aromatic rings. The van der Waals surface area contributed by atoms with Crippen molar-refractivity contribution >= 4 is 52.1 Å². The maximum Gasteiger partial charge on any atom is 0.343 e. The monoisotopic (exact) mass is 485 g/mol. The maximum atomic E-state index is 12.7. The second-order valence-corrected chi connectivity index (χ2v) is 8.05. The standard InChI is InChI=1S/C27H20ClN3O4/c1-17-5-4-7-19(15-17)27(34)35-24-14-9-18-6-2-3-8-22(18)23(24)16-29-31-26(33)25(32)30-21-12-10-20(28)11-13-21/h2-16H,1H3,(H,30,32)(H,31,33)/b29-16-. The molecule has 7 nitrogen and oxygen atoms in total. The van der Waals surface area contributed by atoms with E-state index in [1.807, 2.05) is 43.3 Å². The smallest absolute Gasteiger partial charge is 0.343 e. The van der Waals surface area contributed by atoms with Crippen LogP contribution in [0.3, 0.4) is 0 Å². The number of benzene rings is 4. The quantitative estimate of drug-likeness (QED) is 0.135. The minimum absolute atomic E-state index is 0.263. The van der Waals surface area contributed by atoms with Crippen LogP contribution in [0.1, 0.15) is 21.5 Å². The van der Waals surface area contributed by atoms with Crippen molar-refractivity contribution in [2.45, 2.75) is 6.92 Å². The maximum absolute atomic E-state index is 12.7. The number of carbonyl (C=O) groups is 3. The Morgan fingerprint density at radius 2 is 1.66 bits per heavy atom. The molecule has 2 N–H and O–H groups in total. The van der Waals surface area contributed by atoms with Gasteiger partial charge in [0.1, 0.15) is 5.75 Å². The third-order valence-corrected chi connectivity index (χ3v) is 5.31. The summed E-state index contributed by atoms with van der Waals surface area (Å²) < 4.78 is 5.66. The number of nitrogens with zero attached hydrogens (tertiary/aromatic N) is 1. The molecule has 2 amide bonds. The number of nitrogens with one attached hydrogen (secondary N) is 2. The number of anilines is 1. The van der Waals surface area contributed by atoms with Crippen LogP contribution in [0.5, 0.6) is 5.75 Å². The van der Waals surface area contributed by atoms with Crippen molar-refractivity contribution in [1.29, 1.82) is 0 Å². The number of hydrogen-bond acceptors (Lipinski definition) is 5. The van der Waals surface area contributed by atoms with E-state index >= 15 is 0 Å². The Bertz CT molecular complexity index is 1450. The normalized spacial score (nSPS) is 10.8. The van der Waals surface area contributed by atoms with Gasteiger partial charge in [0.15, 0.2) is 0 Å². The summed E-state index contributed by atoms with van der Waals surface area (Å²) in [5.74, 6) is -2.12. The van der Waals surface area contributed by atoms with Crippen molar-refractivity contribution in [2.24, 2.45) is 5.10 Å². The molecule has 0 radical (unpaired) electrons. The molecule has 0 unspecified atom stereocenters. The first-order valence-electron chi connectivity index (χ1n) is 10.6. The van der Waals surface area contributed by atoms with E-state index in [2.05, 4.69) is 15.8 Å². The number of esters is 1. The van der Waals surface area contributed by atoms with Crippen molar-refractivity contribution in [3.8, 4) is 5.75 Å². The van der Waals surface area contributed by atoms with E-state index in [-0.39, 0.29) is 5.75 Å². The molecule has 0 atom stereocenters. The van der Waals surface area contributed by atoms with Gasteiger partial charge < -0.3 is 10.1 Å². The lowest BCUT2D eigenvalue weighted by Crippen LogP contribution is -2.32. The minimum Gasteiger partial charge on any atom is -0.422 e. The average Bonchev–Trinajstić information content (AvgIpc) is 2.86. The molecular formula is C27H20ClN3O4. The van der Waals surface area contributed by atoms with E-state index < -0.39 is 17.8 Å². The van der Waals surface area contributed by atoms with Gasteiger partial charge in [0.2, 0.25) is 0 Å². The van der Waals surface area contributed by atoms with Gasteiger partial charge in [-0.25, -0.2) is 10.2 Å². The number of rotatable bonds is 5.